The SMILES string of the molecule is CN(C)N[Si](C)(C)[Si](C)(C)C. The quantitative estimate of drug-likeness (QED) is 0.538. The Morgan fingerprint density at radius 1 is 0.909 bits per heavy atom. The molecule has 0 aliphatic heterocycles. The van der Waals surface area contributed by atoms with Crippen molar-refractivity contribution in [1.82, 2.24) is 10.1 Å². The van der Waals surface area contributed by atoms with Crippen LogP contribution < -0.4 is 5.09 Å². The van der Waals surface area contributed by atoms with Crippen molar-refractivity contribution in [3.63, 3.8) is 0 Å². The molecule has 4 heteroatoms. The minimum atomic E-state index is -1.15. The lowest BCUT2D eigenvalue weighted by atomic mass is 11.2. The van der Waals surface area contributed by atoms with Crippen LogP contribution in [0.2, 0.25) is 32.7 Å². The third kappa shape index (κ3) is 3.51. The molecule has 0 aromatic rings. The molecule has 68 valence electrons. The third-order valence-electron chi connectivity index (χ3n) is 2.38. The maximum Gasteiger partial charge on any atom is 0.126 e. The average Bonchev–Trinajstić information content (AvgIpc) is 1.56. The van der Waals surface area contributed by atoms with E-state index in [0.29, 0.717) is 0 Å². The summed E-state index contributed by atoms with van der Waals surface area (Å²) in [4.78, 5) is 0. The van der Waals surface area contributed by atoms with Gasteiger partial charge in [-0.15, -0.1) is 0 Å². The van der Waals surface area contributed by atoms with Crippen LogP contribution in [0, 0.1) is 0 Å². The Kier molecular flexibility index (Phi) is 3.50. The fraction of sp³-hybridized carbons (Fsp3) is 1.00. The van der Waals surface area contributed by atoms with Crippen LogP contribution in [0.5, 0.6) is 0 Å². The molecule has 0 radical (unpaired) electrons. The van der Waals surface area contributed by atoms with Crippen molar-refractivity contribution >= 4 is 15.3 Å². The fourth-order valence-corrected chi connectivity index (χ4v) is 3.86. The second kappa shape index (κ2) is 3.39. The van der Waals surface area contributed by atoms with Crippen molar-refractivity contribution in [2.24, 2.45) is 0 Å². The van der Waals surface area contributed by atoms with Crippen molar-refractivity contribution in [2.75, 3.05) is 14.1 Å². The summed E-state index contributed by atoms with van der Waals surface area (Å²) in [6, 6.07) is 0. The maximum absolute atomic E-state index is 3.59. The number of hydrazine groups is 1. The van der Waals surface area contributed by atoms with Crippen LogP contribution in [-0.4, -0.2) is 34.4 Å². The van der Waals surface area contributed by atoms with E-state index >= 15 is 0 Å². The van der Waals surface area contributed by atoms with E-state index < -0.39 is 15.3 Å². The Morgan fingerprint density at radius 2 is 1.27 bits per heavy atom. The van der Waals surface area contributed by atoms with E-state index in [1.807, 2.05) is 0 Å². The highest BCUT2D eigenvalue weighted by Crippen LogP contribution is 2.15. The topological polar surface area (TPSA) is 15.3 Å². The Hall–Kier alpha value is 0.354. The summed E-state index contributed by atoms with van der Waals surface area (Å²) >= 11 is 0. The van der Waals surface area contributed by atoms with Crippen molar-refractivity contribution in [3.8, 4) is 0 Å². The third-order valence-corrected chi connectivity index (χ3v) is 18.7. The standard InChI is InChI=1S/C7H22N2Si2/c1-9(2)8-11(6,7)10(3,4)5/h8H,1-7H3. The van der Waals surface area contributed by atoms with Crippen LogP contribution in [0.1, 0.15) is 0 Å². The molecule has 0 amide bonds. The average molecular weight is 190 g/mol. The summed E-state index contributed by atoms with van der Waals surface area (Å²) in [7, 11) is 2.04. The Labute approximate surface area is 72.8 Å². The predicted octanol–water partition coefficient (Wildman–Crippen LogP) is 1.67. The normalized spacial score (nSPS) is 14.2. The van der Waals surface area contributed by atoms with Gasteiger partial charge >= 0.3 is 0 Å². The van der Waals surface area contributed by atoms with Gasteiger partial charge in [0.05, 0.1) is 7.59 Å². The van der Waals surface area contributed by atoms with E-state index in [1.54, 1.807) is 0 Å². The number of rotatable bonds is 3. The second-order valence-corrected chi connectivity index (χ2v) is 21.1. The molecule has 0 aromatic carbocycles. The first-order valence-electron chi connectivity index (χ1n) is 4.12. The molecule has 0 aliphatic rings. The first kappa shape index (κ1) is 11.4. The lowest BCUT2D eigenvalue weighted by Crippen LogP contribution is -2.66. The maximum atomic E-state index is 3.59. The Bertz CT molecular complexity index is 127. The molecular formula is C7H22N2Si2. The molecule has 0 aromatic heterocycles. The van der Waals surface area contributed by atoms with Crippen LogP contribution in [0.25, 0.3) is 0 Å². The molecule has 0 atom stereocenters. The molecule has 0 aliphatic carbocycles. The van der Waals surface area contributed by atoms with Gasteiger partial charge in [-0.25, -0.2) is 0 Å². The van der Waals surface area contributed by atoms with Gasteiger partial charge in [-0.05, 0) is 0 Å². The summed E-state index contributed by atoms with van der Waals surface area (Å²) in [5.74, 6) is 0. The molecule has 0 unspecified atom stereocenters. The molecule has 0 bridgehead atoms. The van der Waals surface area contributed by atoms with Crippen molar-refractivity contribution in [1.29, 1.82) is 0 Å². The van der Waals surface area contributed by atoms with E-state index in [9.17, 15) is 0 Å². The molecule has 0 heterocycles. The van der Waals surface area contributed by atoms with E-state index in [-0.39, 0.29) is 0 Å². The monoisotopic (exact) mass is 190 g/mol. The first-order valence-corrected chi connectivity index (χ1v) is 11.6. The number of nitrogens with zero attached hydrogens (tertiary/aromatic N) is 1. The molecule has 2 nitrogen and oxygen atoms in total. The largest absolute Gasteiger partial charge is 0.280 e. The second-order valence-electron chi connectivity index (χ2n) is 4.88. The van der Waals surface area contributed by atoms with Crippen molar-refractivity contribution < 1.29 is 0 Å². The van der Waals surface area contributed by atoms with Gasteiger partial charge < -0.3 is 0 Å². The van der Waals surface area contributed by atoms with Gasteiger partial charge in [0, 0.05) is 14.1 Å². The van der Waals surface area contributed by atoms with Crippen molar-refractivity contribution in [2.45, 2.75) is 32.7 Å². The van der Waals surface area contributed by atoms with Crippen LogP contribution in [0.3, 0.4) is 0 Å². The highest BCUT2D eigenvalue weighted by molar-refractivity contribution is 7.39. The summed E-state index contributed by atoms with van der Waals surface area (Å²) < 4.78 is 0. The van der Waals surface area contributed by atoms with E-state index in [0.717, 1.165) is 0 Å². The van der Waals surface area contributed by atoms with Gasteiger partial charge in [0.1, 0.15) is 7.75 Å². The minimum Gasteiger partial charge on any atom is -0.280 e. The summed E-state index contributed by atoms with van der Waals surface area (Å²) in [6.45, 7) is 12.2. The molecule has 1 N–H and O–H groups in total. The summed E-state index contributed by atoms with van der Waals surface area (Å²) in [5, 5.41) is 5.69. The predicted molar refractivity (Wildman–Crippen MR) is 57.7 cm³/mol. The molecule has 0 rings (SSSR count). The zero-order valence-corrected chi connectivity index (χ0v) is 10.9. The van der Waals surface area contributed by atoms with Gasteiger partial charge in [0.2, 0.25) is 0 Å². The van der Waals surface area contributed by atoms with Gasteiger partial charge in [0.25, 0.3) is 0 Å². The number of nitrogens with one attached hydrogen (secondary N) is 1. The summed E-state index contributed by atoms with van der Waals surface area (Å²) in [6.07, 6.45) is 0. The molecular weight excluding hydrogens is 168 g/mol. The van der Waals surface area contributed by atoms with Crippen LogP contribution >= 0.6 is 0 Å². The first-order chi connectivity index (χ1) is 4.67. The number of hydrogen-bond donors (Lipinski definition) is 1. The highest BCUT2D eigenvalue weighted by Gasteiger charge is 2.37. The van der Waals surface area contributed by atoms with Gasteiger partial charge in [-0.3, -0.25) is 10.1 Å². The lowest BCUT2D eigenvalue weighted by Gasteiger charge is -2.38. The molecule has 0 spiro atoms. The van der Waals surface area contributed by atoms with Crippen molar-refractivity contribution in [3.05, 3.63) is 0 Å². The summed E-state index contributed by atoms with van der Waals surface area (Å²) in [5.41, 5.74) is 0. The molecule has 0 fully saturated rings. The van der Waals surface area contributed by atoms with Crippen LogP contribution in [0.4, 0.5) is 0 Å². The number of hydrogen-bond acceptors (Lipinski definition) is 2. The van der Waals surface area contributed by atoms with Gasteiger partial charge in [-0.2, -0.15) is 0 Å². The van der Waals surface area contributed by atoms with E-state index in [4.69, 9.17) is 0 Å². The molecule has 0 saturated heterocycles. The van der Waals surface area contributed by atoms with Crippen LogP contribution in [-0.2, 0) is 0 Å². The van der Waals surface area contributed by atoms with E-state index in [1.165, 1.54) is 0 Å². The van der Waals surface area contributed by atoms with Gasteiger partial charge in [-0.1, -0.05) is 32.7 Å². The zero-order chi connectivity index (χ0) is 9.28. The smallest absolute Gasteiger partial charge is 0.126 e. The Balaban J connectivity index is 4.22. The lowest BCUT2D eigenvalue weighted by molar-refractivity contribution is 0.367. The van der Waals surface area contributed by atoms with E-state index in [2.05, 4.69) is 56.9 Å². The fourth-order valence-electron chi connectivity index (χ4n) is 0.727. The van der Waals surface area contributed by atoms with Crippen LogP contribution in [0.15, 0.2) is 0 Å². The Morgan fingerprint density at radius 3 is 1.36 bits per heavy atom. The zero-order valence-electron chi connectivity index (χ0n) is 8.95. The highest BCUT2D eigenvalue weighted by atomic mass is 29.3. The molecule has 0 saturated carbocycles. The molecule has 11 heavy (non-hydrogen) atoms. The van der Waals surface area contributed by atoms with Gasteiger partial charge in [0.15, 0.2) is 0 Å². The minimum absolute atomic E-state index is 0.962.